The van der Waals surface area contributed by atoms with Crippen LogP contribution in [0.2, 0.25) is 0 Å². The third kappa shape index (κ3) is 5.05. The molecule has 0 aliphatic rings. The summed E-state index contributed by atoms with van der Waals surface area (Å²) in [5.41, 5.74) is 4.93. The lowest BCUT2D eigenvalue weighted by Gasteiger charge is -2.13. The molecule has 0 saturated carbocycles. The fourth-order valence-electron chi connectivity index (χ4n) is 1.39. The molecule has 1 heterocycles. The minimum absolute atomic E-state index is 0.0705. The summed E-state index contributed by atoms with van der Waals surface area (Å²) in [5.74, 6) is -0.548. The number of rotatable bonds is 6. The van der Waals surface area contributed by atoms with E-state index < -0.39 is 6.09 Å². The van der Waals surface area contributed by atoms with Crippen molar-refractivity contribution in [1.82, 2.24) is 0 Å². The lowest BCUT2D eigenvalue weighted by atomic mass is 10.1. The summed E-state index contributed by atoms with van der Waals surface area (Å²) in [4.78, 5) is 23.0. The van der Waals surface area contributed by atoms with Gasteiger partial charge in [0.05, 0.1) is 16.8 Å². The number of primary amides is 1. The lowest BCUT2D eigenvalue weighted by molar-refractivity contribution is -0.143. The molecule has 0 spiro atoms. The van der Waals surface area contributed by atoms with Crippen LogP contribution >= 0.6 is 27.3 Å². The van der Waals surface area contributed by atoms with Crippen LogP contribution in [0.4, 0.5) is 4.79 Å². The number of thiophene rings is 1. The SMILES string of the molecule is CCOC(=O)CC(COC(N)=O)c1ccc(Br)s1. The van der Waals surface area contributed by atoms with E-state index in [0.717, 1.165) is 8.66 Å². The van der Waals surface area contributed by atoms with Gasteiger partial charge < -0.3 is 15.2 Å². The molecule has 2 N–H and O–H groups in total. The zero-order valence-electron chi connectivity index (χ0n) is 9.85. The van der Waals surface area contributed by atoms with Gasteiger partial charge in [0.2, 0.25) is 0 Å². The predicted octanol–water partition coefficient (Wildman–Crippen LogP) is 2.64. The molecule has 0 saturated heterocycles. The molecule has 1 atom stereocenters. The van der Waals surface area contributed by atoms with Crippen molar-refractivity contribution in [2.45, 2.75) is 19.3 Å². The van der Waals surface area contributed by atoms with Crippen LogP contribution in [0.15, 0.2) is 15.9 Å². The Morgan fingerprint density at radius 1 is 1.44 bits per heavy atom. The van der Waals surface area contributed by atoms with E-state index in [2.05, 4.69) is 15.9 Å². The largest absolute Gasteiger partial charge is 0.466 e. The Hall–Kier alpha value is -1.08. The first-order valence-electron chi connectivity index (χ1n) is 5.36. The maximum atomic E-state index is 11.5. The first kappa shape index (κ1) is 15.0. The summed E-state index contributed by atoms with van der Waals surface area (Å²) in [6, 6.07) is 3.76. The fourth-order valence-corrected chi connectivity index (χ4v) is 2.90. The van der Waals surface area contributed by atoms with E-state index in [9.17, 15) is 9.59 Å². The number of esters is 1. The zero-order valence-corrected chi connectivity index (χ0v) is 12.3. The highest BCUT2D eigenvalue weighted by Crippen LogP contribution is 2.31. The lowest BCUT2D eigenvalue weighted by Crippen LogP contribution is -2.20. The molecular weight excluding hydrogens is 322 g/mol. The molecule has 0 aliphatic carbocycles. The van der Waals surface area contributed by atoms with E-state index in [1.54, 1.807) is 6.92 Å². The van der Waals surface area contributed by atoms with Gasteiger partial charge in [0.15, 0.2) is 0 Å². The number of ether oxygens (including phenoxy) is 2. The van der Waals surface area contributed by atoms with Gasteiger partial charge in [-0.3, -0.25) is 4.79 Å². The van der Waals surface area contributed by atoms with Gasteiger partial charge in [-0.2, -0.15) is 0 Å². The number of hydrogen-bond acceptors (Lipinski definition) is 5. The Morgan fingerprint density at radius 3 is 2.67 bits per heavy atom. The van der Waals surface area contributed by atoms with Crippen LogP contribution in [-0.2, 0) is 14.3 Å². The van der Waals surface area contributed by atoms with Crippen LogP contribution in [0, 0.1) is 0 Å². The summed E-state index contributed by atoms with van der Waals surface area (Å²) < 4.78 is 10.6. The average molecular weight is 336 g/mol. The molecule has 1 rings (SSSR count). The summed E-state index contributed by atoms with van der Waals surface area (Å²) in [6.07, 6.45) is -0.687. The van der Waals surface area contributed by atoms with Gasteiger partial charge in [-0.25, -0.2) is 4.79 Å². The maximum absolute atomic E-state index is 11.5. The summed E-state index contributed by atoms with van der Waals surface area (Å²) in [7, 11) is 0. The van der Waals surface area contributed by atoms with E-state index in [0.29, 0.717) is 6.61 Å². The Morgan fingerprint density at radius 2 is 2.17 bits per heavy atom. The normalized spacial score (nSPS) is 11.9. The van der Waals surface area contributed by atoms with Gasteiger partial charge in [-0.15, -0.1) is 11.3 Å². The molecule has 5 nitrogen and oxygen atoms in total. The van der Waals surface area contributed by atoms with Crippen LogP contribution in [0.5, 0.6) is 0 Å². The van der Waals surface area contributed by atoms with Crippen molar-refractivity contribution in [2.75, 3.05) is 13.2 Å². The van der Waals surface area contributed by atoms with E-state index in [4.69, 9.17) is 15.2 Å². The number of nitrogens with two attached hydrogens (primary N) is 1. The van der Waals surface area contributed by atoms with Gasteiger partial charge in [0.1, 0.15) is 6.61 Å². The van der Waals surface area contributed by atoms with Gasteiger partial charge >= 0.3 is 12.1 Å². The molecule has 0 aromatic carbocycles. The van der Waals surface area contributed by atoms with E-state index >= 15 is 0 Å². The summed E-state index contributed by atoms with van der Waals surface area (Å²) in [6.45, 7) is 2.14. The Kier molecular flexibility index (Phi) is 6.14. The number of carbonyl (C=O) groups excluding carboxylic acids is 2. The molecule has 18 heavy (non-hydrogen) atoms. The standard InChI is InChI=1S/C11H14BrNO4S/c1-2-16-10(14)5-7(6-17-11(13)15)8-3-4-9(12)18-8/h3-4,7H,2,5-6H2,1H3,(H2,13,15). The predicted molar refractivity (Wildman–Crippen MR) is 71.5 cm³/mol. The molecule has 0 radical (unpaired) electrons. The van der Waals surface area contributed by atoms with Crippen LogP contribution in [-0.4, -0.2) is 25.3 Å². The summed E-state index contributed by atoms with van der Waals surface area (Å²) in [5, 5.41) is 0. The third-order valence-electron chi connectivity index (χ3n) is 2.14. The van der Waals surface area contributed by atoms with Crippen LogP contribution in [0.1, 0.15) is 24.1 Å². The fraction of sp³-hybridized carbons (Fsp3) is 0.455. The molecule has 1 aromatic heterocycles. The first-order valence-corrected chi connectivity index (χ1v) is 6.97. The Bertz CT molecular complexity index is 421. The van der Waals surface area contributed by atoms with Crippen molar-refractivity contribution in [3.05, 3.63) is 20.8 Å². The van der Waals surface area contributed by atoms with Crippen molar-refractivity contribution >= 4 is 39.3 Å². The molecule has 1 amide bonds. The molecular formula is C11H14BrNO4S. The van der Waals surface area contributed by atoms with E-state index in [-0.39, 0.29) is 24.9 Å². The third-order valence-corrected chi connectivity index (χ3v) is 3.93. The molecule has 7 heteroatoms. The van der Waals surface area contributed by atoms with Crippen molar-refractivity contribution in [2.24, 2.45) is 5.73 Å². The Labute approximate surface area is 117 Å². The minimum atomic E-state index is -0.848. The van der Waals surface area contributed by atoms with Gasteiger partial charge in [-0.05, 0) is 35.0 Å². The van der Waals surface area contributed by atoms with Crippen LogP contribution in [0.3, 0.4) is 0 Å². The van der Waals surface area contributed by atoms with E-state index in [1.165, 1.54) is 11.3 Å². The molecule has 1 aromatic rings. The Balaban J connectivity index is 2.68. The smallest absolute Gasteiger partial charge is 0.404 e. The highest BCUT2D eigenvalue weighted by molar-refractivity contribution is 9.11. The molecule has 0 bridgehead atoms. The second kappa shape index (κ2) is 7.38. The first-order chi connectivity index (χ1) is 8.52. The second-order valence-electron chi connectivity index (χ2n) is 3.48. The van der Waals surface area contributed by atoms with Crippen molar-refractivity contribution in [3.8, 4) is 0 Å². The number of hydrogen-bond donors (Lipinski definition) is 1. The summed E-state index contributed by atoms with van der Waals surface area (Å²) >= 11 is 4.83. The van der Waals surface area contributed by atoms with Crippen LogP contribution < -0.4 is 5.73 Å². The van der Waals surface area contributed by atoms with Gasteiger partial charge in [0, 0.05) is 10.8 Å². The molecule has 1 unspecified atom stereocenters. The highest BCUT2D eigenvalue weighted by Gasteiger charge is 2.20. The monoisotopic (exact) mass is 335 g/mol. The maximum Gasteiger partial charge on any atom is 0.404 e. The highest BCUT2D eigenvalue weighted by atomic mass is 79.9. The topological polar surface area (TPSA) is 78.6 Å². The van der Waals surface area contributed by atoms with Crippen LogP contribution in [0.25, 0.3) is 0 Å². The minimum Gasteiger partial charge on any atom is -0.466 e. The van der Waals surface area contributed by atoms with Gasteiger partial charge in [0.25, 0.3) is 0 Å². The number of carbonyl (C=O) groups is 2. The van der Waals surface area contributed by atoms with Crippen molar-refractivity contribution in [1.29, 1.82) is 0 Å². The quantitative estimate of drug-likeness (QED) is 0.810. The number of amides is 1. The van der Waals surface area contributed by atoms with Crippen molar-refractivity contribution in [3.63, 3.8) is 0 Å². The average Bonchev–Trinajstić information content (AvgIpc) is 2.71. The zero-order chi connectivity index (χ0) is 13.5. The molecule has 0 fully saturated rings. The van der Waals surface area contributed by atoms with E-state index in [1.807, 2.05) is 12.1 Å². The molecule has 0 aliphatic heterocycles. The van der Waals surface area contributed by atoms with Gasteiger partial charge in [-0.1, -0.05) is 0 Å². The number of halogens is 1. The van der Waals surface area contributed by atoms with Crippen molar-refractivity contribution < 1.29 is 19.1 Å². The molecule has 100 valence electrons. The second-order valence-corrected chi connectivity index (χ2v) is 5.97.